The van der Waals surface area contributed by atoms with Gasteiger partial charge in [0, 0.05) is 6.08 Å². The summed E-state index contributed by atoms with van der Waals surface area (Å²) < 4.78 is 5.46. The fourth-order valence-corrected chi connectivity index (χ4v) is 8.06. The lowest BCUT2D eigenvalue weighted by molar-refractivity contribution is -0.132. The Morgan fingerprint density at radius 1 is 1.11 bits per heavy atom. The molecule has 1 aliphatic heterocycles. The van der Waals surface area contributed by atoms with Crippen molar-refractivity contribution in [3.05, 3.63) is 35.1 Å². The number of rotatable bonds is 1. The van der Waals surface area contributed by atoms with Crippen molar-refractivity contribution in [3.63, 3.8) is 0 Å². The van der Waals surface area contributed by atoms with Crippen LogP contribution in [0.4, 0.5) is 0 Å². The van der Waals surface area contributed by atoms with E-state index in [1.54, 1.807) is 11.6 Å². The van der Waals surface area contributed by atoms with E-state index in [9.17, 15) is 9.90 Å². The first-order valence-electron chi connectivity index (χ1n) is 11.3. The maximum Gasteiger partial charge on any atom is 0.336 e. The predicted octanol–water partition coefficient (Wildman–Crippen LogP) is 5.31. The molecule has 5 aliphatic rings. The van der Waals surface area contributed by atoms with E-state index in [1.807, 2.05) is 6.08 Å². The average Bonchev–Trinajstić information content (AvgIpc) is 3.25. The maximum atomic E-state index is 11.5. The Kier molecular flexibility index (Phi) is 4.21. The van der Waals surface area contributed by atoms with Crippen molar-refractivity contribution in [2.75, 3.05) is 0 Å². The summed E-state index contributed by atoms with van der Waals surface area (Å²) in [5.41, 5.74) is 3.45. The SMILES string of the molecule is CC(=C1C=CC(=O)O1)C1CCC2C3CC=C4CC(O)CCC4(C)C3CCC12C. The van der Waals surface area contributed by atoms with Crippen LogP contribution in [0.15, 0.2) is 35.1 Å². The Balaban J connectivity index is 1.44. The van der Waals surface area contributed by atoms with Gasteiger partial charge in [0.1, 0.15) is 5.76 Å². The Hall–Kier alpha value is -1.35. The smallest absolute Gasteiger partial charge is 0.336 e. The summed E-state index contributed by atoms with van der Waals surface area (Å²) in [6, 6.07) is 0. The molecule has 3 nitrogen and oxygen atoms in total. The molecule has 5 rings (SSSR count). The number of carbonyl (C=O) groups is 1. The van der Waals surface area contributed by atoms with Crippen molar-refractivity contribution >= 4 is 5.97 Å². The average molecular weight is 383 g/mol. The Labute approximate surface area is 168 Å². The number of ether oxygens (including phenoxy) is 1. The van der Waals surface area contributed by atoms with E-state index in [0.29, 0.717) is 16.7 Å². The summed E-state index contributed by atoms with van der Waals surface area (Å²) in [6.07, 6.45) is 15.1. The van der Waals surface area contributed by atoms with Gasteiger partial charge in [-0.2, -0.15) is 0 Å². The second-order valence-electron chi connectivity index (χ2n) is 10.6. The molecular formula is C25H34O3. The first-order chi connectivity index (χ1) is 13.3. The molecule has 0 radical (unpaired) electrons. The van der Waals surface area contributed by atoms with Gasteiger partial charge in [0.25, 0.3) is 0 Å². The molecule has 7 atom stereocenters. The second kappa shape index (κ2) is 6.32. The van der Waals surface area contributed by atoms with E-state index < -0.39 is 0 Å². The molecule has 3 fully saturated rings. The minimum absolute atomic E-state index is 0.128. The van der Waals surface area contributed by atoms with E-state index in [-0.39, 0.29) is 12.1 Å². The number of esters is 1. The van der Waals surface area contributed by atoms with Crippen LogP contribution in [-0.2, 0) is 9.53 Å². The van der Waals surface area contributed by atoms with Crippen LogP contribution >= 0.6 is 0 Å². The Morgan fingerprint density at radius 3 is 2.68 bits per heavy atom. The Bertz CT molecular complexity index is 790. The van der Waals surface area contributed by atoms with E-state index in [2.05, 4.69) is 26.8 Å². The van der Waals surface area contributed by atoms with Crippen LogP contribution in [-0.4, -0.2) is 17.2 Å². The van der Waals surface area contributed by atoms with Crippen molar-refractivity contribution in [2.24, 2.45) is 34.5 Å². The molecule has 0 saturated heterocycles. The molecule has 0 amide bonds. The zero-order valence-corrected chi connectivity index (χ0v) is 17.5. The number of aliphatic hydroxyl groups is 1. The minimum atomic E-state index is -0.227. The van der Waals surface area contributed by atoms with E-state index in [0.717, 1.165) is 42.8 Å². The number of fused-ring (bicyclic) bond motifs is 5. The van der Waals surface area contributed by atoms with E-state index >= 15 is 0 Å². The number of aliphatic hydroxyl groups excluding tert-OH is 1. The van der Waals surface area contributed by atoms with Gasteiger partial charge in [-0.25, -0.2) is 4.79 Å². The summed E-state index contributed by atoms with van der Waals surface area (Å²) in [5.74, 6) is 3.40. The second-order valence-corrected chi connectivity index (χ2v) is 10.6. The van der Waals surface area contributed by atoms with Gasteiger partial charge in [0.15, 0.2) is 0 Å². The van der Waals surface area contributed by atoms with Gasteiger partial charge < -0.3 is 9.84 Å². The van der Waals surface area contributed by atoms with Crippen LogP contribution < -0.4 is 0 Å². The highest BCUT2D eigenvalue weighted by Crippen LogP contribution is 2.67. The molecule has 0 spiro atoms. The first-order valence-corrected chi connectivity index (χ1v) is 11.3. The van der Waals surface area contributed by atoms with Crippen LogP contribution in [0.1, 0.15) is 72.1 Å². The van der Waals surface area contributed by atoms with Crippen molar-refractivity contribution in [2.45, 2.75) is 78.2 Å². The molecule has 4 aliphatic carbocycles. The summed E-state index contributed by atoms with van der Waals surface area (Å²) in [7, 11) is 0. The molecule has 0 aromatic carbocycles. The molecule has 28 heavy (non-hydrogen) atoms. The lowest BCUT2D eigenvalue weighted by atomic mass is 9.47. The summed E-state index contributed by atoms with van der Waals surface area (Å²) >= 11 is 0. The maximum absolute atomic E-state index is 11.5. The number of allylic oxidation sites excluding steroid dienone is 3. The van der Waals surface area contributed by atoms with Crippen LogP contribution in [0.2, 0.25) is 0 Å². The van der Waals surface area contributed by atoms with Crippen molar-refractivity contribution in [1.29, 1.82) is 0 Å². The van der Waals surface area contributed by atoms with Crippen LogP contribution in [0.3, 0.4) is 0 Å². The zero-order chi connectivity index (χ0) is 19.7. The van der Waals surface area contributed by atoms with Crippen LogP contribution in [0, 0.1) is 34.5 Å². The predicted molar refractivity (Wildman–Crippen MR) is 109 cm³/mol. The van der Waals surface area contributed by atoms with Gasteiger partial charge in [-0.3, -0.25) is 0 Å². The third kappa shape index (κ3) is 2.54. The topological polar surface area (TPSA) is 46.5 Å². The number of hydrogen-bond donors (Lipinski definition) is 1. The largest absolute Gasteiger partial charge is 0.423 e. The third-order valence-corrected chi connectivity index (χ3v) is 9.57. The van der Waals surface area contributed by atoms with E-state index in [1.165, 1.54) is 37.7 Å². The van der Waals surface area contributed by atoms with Gasteiger partial charge in [0.2, 0.25) is 0 Å². The third-order valence-electron chi connectivity index (χ3n) is 9.57. The van der Waals surface area contributed by atoms with Crippen molar-refractivity contribution in [3.8, 4) is 0 Å². The van der Waals surface area contributed by atoms with Crippen molar-refractivity contribution < 1.29 is 14.6 Å². The molecule has 0 aromatic rings. The minimum Gasteiger partial charge on any atom is -0.423 e. The fourth-order valence-electron chi connectivity index (χ4n) is 8.06. The van der Waals surface area contributed by atoms with Crippen LogP contribution in [0.25, 0.3) is 0 Å². The quantitative estimate of drug-likeness (QED) is 0.493. The molecule has 0 aromatic heterocycles. The Morgan fingerprint density at radius 2 is 1.93 bits per heavy atom. The normalized spacial score (nSPS) is 49.1. The van der Waals surface area contributed by atoms with Gasteiger partial charge in [-0.15, -0.1) is 0 Å². The first kappa shape index (κ1) is 18.7. The zero-order valence-electron chi connectivity index (χ0n) is 17.5. The molecule has 3 saturated carbocycles. The summed E-state index contributed by atoms with van der Waals surface area (Å²) in [6.45, 7) is 7.19. The highest BCUT2D eigenvalue weighted by atomic mass is 16.5. The molecular weight excluding hydrogens is 348 g/mol. The monoisotopic (exact) mass is 382 g/mol. The molecule has 1 heterocycles. The van der Waals surface area contributed by atoms with Crippen molar-refractivity contribution in [1.82, 2.24) is 0 Å². The van der Waals surface area contributed by atoms with Gasteiger partial charge in [0.05, 0.1) is 6.10 Å². The number of cyclic esters (lactones) is 1. The van der Waals surface area contributed by atoms with Gasteiger partial charge >= 0.3 is 5.97 Å². The fraction of sp³-hybridized carbons (Fsp3) is 0.720. The number of hydrogen-bond acceptors (Lipinski definition) is 3. The highest BCUT2D eigenvalue weighted by molar-refractivity contribution is 5.86. The van der Waals surface area contributed by atoms with Gasteiger partial charge in [-0.1, -0.05) is 25.5 Å². The lowest BCUT2D eigenvalue weighted by Crippen LogP contribution is -2.50. The molecule has 7 unspecified atom stereocenters. The van der Waals surface area contributed by atoms with Crippen LogP contribution in [0.5, 0.6) is 0 Å². The standard InChI is InChI=1S/C25H34O3/c1-15(22-8-9-23(27)28-22)19-6-7-20-18-5-4-16-14-17(26)10-12-24(16,2)21(18)11-13-25(19,20)3/h4,8-9,17-21,26H,5-7,10-14H2,1-3H3. The summed E-state index contributed by atoms with van der Waals surface area (Å²) in [4.78, 5) is 11.5. The van der Waals surface area contributed by atoms with Gasteiger partial charge in [-0.05, 0) is 104 Å². The van der Waals surface area contributed by atoms with E-state index in [4.69, 9.17) is 4.74 Å². The lowest BCUT2D eigenvalue weighted by Gasteiger charge is -2.58. The molecule has 152 valence electrons. The molecule has 3 heteroatoms. The summed E-state index contributed by atoms with van der Waals surface area (Å²) in [5, 5.41) is 10.2. The highest BCUT2D eigenvalue weighted by Gasteiger charge is 2.59. The molecule has 1 N–H and O–H groups in total. The molecule has 0 bridgehead atoms. The number of carbonyl (C=O) groups excluding carboxylic acids is 1.